The van der Waals surface area contributed by atoms with Gasteiger partial charge in [-0.25, -0.2) is 0 Å². The van der Waals surface area contributed by atoms with E-state index in [1.54, 1.807) is 0 Å². The molecule has 0 rings (SSSR count). The van der Waals surface area contributed by atoms with Crippen LogP contribution in [0.2, 0.25) is 0 Å². The lowest BCUT2D eigenvalue weighted by Gasteiger charge is -2.41. The van der Waals surface area contributed by atoms with E-state index in [2.05, 4.69) is 49.3 Å². The number of quaternary nitrogens is 1. The fourth-order valence-corrected chi connectivity index (χ4v) is 6.00. The fourth-order valence-electron chi connectivity index (χ4n) is 5.16. The summed E-state index contributed by atoms with van der Waals surface area (Å²) in [6.45, 7) is 10.8. The van der Waals surface area contributed by atoms with Gasteiger partial charge in [0.15, 0.2) is 0 Å². The highest BCUT2D eigenvalue weighted by Gasteiger charge is 2.32. The third kappa shape index (κ3) is 19.2. The Balaban J connectivity index is 4.52. The lowest BCUT2D eigenvalue weighted by atomic mass is 10.0. The maximum Gasteiger partial charge on any atom is 0.200 e. The maximum atomic E-state index is 6.04. The number of nitrogens with zero attached hydrogens (tertiary/aromatic N) is 1. The lowest BCUT2D eigenvalue weighted by Crippen LogP contribution is -2.54. The summed E-state index contributed by atoms with van der Waals surface area (Å²) in [5, 5.41) is 0. The average molecular weight is 575 g/mol. The van der Waals surface area contributed by atoms with E-state index < -0.39 is 0 Å². The number of alkyl halides is 1. The Morgan fingerprint density at radius 1 is 0.485 bits per heavy atom. The van der Waals surface area contributed by atoms with Gasteiger partial charge in [0.25, 0.3) is 0 Å². The summed E-state index contributed by atoms with van der Waals surface area (Å²) in [6.07, 6.45) is 36.8. The predicted molar refractivity (Wildman–Crippen MR) is 160 cm³/mol. The van der Waals surface area contributed by atoms with E-state index in [9.17, 15) is 0 Å². The molecule has 1 unspecified atom stereocenters. The van der Waals surface area contributed by atoms with Crippen molar-refractivity contribution < 1.29 is 4.48 Å². The van der Waals surface area contributed by atoms with E-state index in [1.807, 2.05) is 0 Å². The van der Waals surface area contributed by atoms with Crippen molar-refractivity contribution in [3.05, 3.63) is 0 Å². The molecular formula is C31H61IN+. The van der Waals surface area contributed by atoms with Crippen molar-refractivity contribution in [2.45, 2.75) is 166 Å². The van der Waals surface area contributed by atoms with Crippen LogP contribution < -0.4 is 0 Å². The predicted octanol–water partition coefficient (Wildman–Crippen LogP) is 10.8. The first-order valence-electron chi connectivity index (χ1n) is 15.1. The Morgan fingerprint density at radius 3 is 0.970 bits per heavy atom. The summed E-state index contributed by atoms with van der Waals surface area (Å²) in [7, 11) is 0. The summed E-state index contributed by atoms with van der Waals surface area (Å²) >= 11 is 2.60. The molecule has 0 amide bonds. The second kappa shape index (κ2) is 25.3. The molecule has 0 radical (unpaired) electrons. The van der Waals surface area contributed by atoms with Gasteiger partial charge in [0.1, 0.15) is 0 Å². The van der Waals surface area contributed by atoms with Gasteiger partial charge in [0.05, 0.1) is 19.6 Å². The summed E-state index contributed by atoms with van der Waals surface area (Å²) in [5.74, 6) is 3.17. The van der Waals surface area contributed by atoms with Crippen LogP contribution in [0.25, 0.3) is 0 Å². The van der Waals surface area contributed by atoms with E-state index in [0.29, 0.717) is 4.05 Å². The monoisotopic (exact) mass is 574 g/mol. The van der Waals surface area contributed by atoms with Crippen LogP contribution in [0.3, 0.4) is 0 Å². The molecule has 2 heteroatoms. The highest BCUT2D eigenvalue weighted by molar-refractivity contribution is 14.1. The minimum absolute atomic E-state index is 0.340. The third-order valence-corrected chi connectivity index (χ3v) is 9.03. The van der Waals surface area contributed by atoms with E-state index >= 15 is 0 Å². The molecule has 0 saturated heterocycles. The highest BCUT2D eigenvalue weighted by atomic mass is 127. The number of unbranched alkanes of at least 4 members (excludes halogenated alkanes) is 19. The number of halogens is 1. The molecule has 33 heavy (non-hydrogen) atoms. The Morgan fingerprint density at radius 2 is 0.727 bits per heavy atom. The Hall–Kier alpha value is 0.250. The molecule has 1 nitrogen and oxygen atoms in total. The van der Waals surface area contributed by atoms with Crippen LogP contribution in [0.5, 0.6) is 0 Å². The second-order valence-electron chi connectivity index (χ2n) is 10.6. The van der Waals surface area contributed by atoms with Crippen molar-refractivity contribution in [2.24, 2.45) is 0 Å². The Labute approximate surface area is 224 Å². The van der Waals surface area contributed by atoms with Crippen molar-refractivity contribution >= 4 is 22.6 Å². The molecule has 0 fully saturated rings. The first-order valence-corrected chi connectivity index (χ1v) is 16.4. The van der Waals surface area contributed by atoms with Gasteiger partial charge in [-0.05, 0) is 44.4 Å². The maximum absolute atomic E-state index is 6.04. The molecule has 0 aromatic rings. The van der Waals surface area contributed by atoms with Gasteiger partial charge in [-0.15, -0.1) is 6.42 Å². The molecule has 0 heterocycles. The quantitative estimate of drug-likeness (QED) is 0.0241. The Kier molecular flexibility index (Phi) is 25.5. The normalized spacial score (nSPS) is 12.7. The zero-order chi connectivity index (χ0) is 24.5. The van der Waals surface area contributed by atoms with Gasteiger partial charge in [0, 0.05) is 22.6 Å². The molecule has 0 aliphatic heterocycles. The van der Waals surface area contributed by atoms with Crippen LogP contribution in [0.1, 0.15) is 162 Å². The van der Waals surface area contributed by atoms with Crippen LogP contribution in [-0.2, 0) is 0 Å². The fraction of sp³-hybridized carbons (Fsp3) is 0.935. The molecule has 0 aromatic heterocycles. The zero-order valence-electron chi connectivity index (χ0n) is 23.2. The number of terminal acetylenes is 1. The molecule has 0 N–H and O–H groups in total. The van der Waals surface area contributed by atoms with Gasteiger partial charge in [-0.1, -0.05) is 124 Å². The van der Waals surface area contributed by atoms with Gasteiger partial charge < -0.3 is 4.48 Å². The highest BCUT2D eigenvalue weighted by Crippen LogP contribution is 2.25. The molecule has 0 spiro atoms. The van der Waals surface area contributed by atoms with Crippen LogP contribution in [0, 0.1) is 12.3 Å². The summed E-state index contributed by atoms with van der Waals surface area (Å²) in [6, 6.07) is 0. The van der Waals surface area contributed by atoms with Crippen molar-refractivity contribution in [3.8, 4) is 12.3 Å². The van der Waals surface area contributed by atoms with Crippen LogP contribution in [0.4, 0.5) is 0 Å². The van der Waals surface area contributed by atoms with Crippen LogP contribution >= 0.6 is 22.6 Å². The molecule has 196 valence electrons. The molecule has 0 saturated carbocycles. The van der Waals surface area contributed by atoms with Crippen molar-refractivity contribution in [1.29, 1.82) is 0 Å². The lowest BCUT2D eigenvalue weighted by molar-refractivity contribution is -0.927. The average Bonchev–Trinajstić information content (AvgIpc) is 2.83. The van der Waals surface area contributed by atoms with Gasteiger partial charge >= 0.3 is 0 Å². The van der Waals surface area contributed by atoms with Crippen molar-refractivity contribution in [2.75, 3.05) is 19.6 Å². The molecule has 0 aliphatic rings. The minimum Gasteiger partial charge on any atom is -0.303 e. The van der Waals surface area contributed by atoms with E-state index in [0.717, 1.165) is 0 Å². The van der Waals surface area contributed by atoms with Gasteiger partial charge in [-0.3, -0.25) is 0 Å². The number of hydrogen-bond donors (Lipinski definition) is 0. The smallest absolute Gasteiger partial charge is 0.200 e. The molecular weight excluding hydrogens is 513 g/mol. The minimum atomic E-state index is 0.340. The van der Waals surface area contributed by atoms with Gasteiger partial charge in [0.2, 0.25) is 4.05 Å². The standard InChI is InChI=1S/C31H61IN/c1-5-9-12-15-18-19-20-21-24-27-30-33(31(32)8-4,28-25-22-16-13-10-6-2)29-26-23-17-14-11-7-3/h4,31H,5-7,9-30H2,1-3H3/q+1. The van der Waals surface area contributed by atoms with Gasteiger partial charge in [-0.2, -0.15) is 0 Å². The van der Waals surface area contributed by atoms with E-state index in [4.69, 9.17) is 6.42 Å². The Bertz CT molecular complexity index is 411. The first-order chi connectivity index (χ1) is 16.2. The first kappa shape index (κ1) is 33.2. The largest absolute Gasteiger partial charge is 0.303 e. The van der Waals surface area contributed by atoms with E-state index in [1.165, 1.54) is 165 Å². The zero-order valence-corrected chi connectivity index (χ0v) is 25.3. The number of hydrogen-bond acceptors (Lipinski definition) is 0. The van der Waals surface area contributed by atoms with Crippen molar-refractivity contribution in [1.82, 2.24) is 0 Å². The molecule has 0 aromatic carbocycles. The van der Waals surface area contributed by atoms with Crippen LogP contribution in [0.15, 0.2) is 0 Å². The second-order valence-corrected chi connectivity index (χ2v) is 11.8. The van der Waals surface area contributed by atoms with Crippen molar-refractivity contribution in [3.63, 3.8) is 0 Å². The summed E-state index contributed by atoms with van der Waals surface area (Å²) in [5.41, 5.74) is 0. The molecule has 0 bridgehead atoms. The topological polar surface area (TPSA) is 0 Å². The number of rotatable bonds is 26. The third-order valence-electron chi connectivity index (χ3n) is 7.49. The molecule has 0 aliphatic carbocycles. The summed E-state index contributed by atoms with van der Waals surface area (Å²) < 4.78 is 1.53. The molecule has 1 atom stereocenters. The SMILES string of the molecule is C#CC(I)[N+](CCCCCCCC)(CCCCCCCC)CCCCCCCCCCCC. The summed E-state index contributed by atoms with van der Waals surface area (Å²) in [4.78, 5) is 0. The van der Waals surface area contributed by atoms with Crippen LogP contribution in [-0.4, -0.2) is 28.2 Å². The van der Waals surface area contributed by atoms with E-state index in [-0.39, 0.29) is 0 Å².